The molecule has 0 atom stereocenters. The van der Waals surface area contributed by atoms with Gasteiger partial charge in [0, 0.05) is 23.4 Å². The SMILES string of the molecule is [B]Cc1cnc2c(-c3c(Cl)c(OC)cc(OC)c3Cl)ccc(C#N)c2n1. The average Bonchev–Trinajstić information content (AvgIpc) is 2.67. The zero-order valence-electron chi connectivity index (χ0n) is 14.0. The molecule has 3 aromatic rings. The van der Waals surface area contributed by atoms with Crippen molar-refractivity contribution in [3.05, 3.63) is 45.7 Å². The molecule has 1 aromatic heterocycles. The first-order chi connectivity index (χ1) is 12.5. The zero-order valence-corrected chi connectivity index (χ0v) is 15.5. The van der Waals surface area contributed by atoms with Gasteiger partial charge in [-0.1, -0.05) is 29.3 Å². The molecule has 26 heavy (non-hydrogen) atoms. The van der Waals surface area contributed by atoms with Crippen LogP contribution >= 0.6 is 23.2 Å². The lowest BCUT2D eigenvalue weighted by Crippen LogP contribution is -1.98. The summed E-state index contributed by atoms with van der Waals surface area (Å²) in [5.74, 6) is 0.818. The van der Waals surface area contributed by atoms with E-state index in [4.69, 9.17) is 40.5 Å². The number of hydrogen-bond donors (Lipinski definition) is 0. The Morgan fingerprint density at radius 1 is 1.12 bits per heavy atom. The number of benzene rings is 2. The molecule has 0 aliphatic heterocycles. The van der Waals surface area contributed by atoms with Crippen molar-refractivity contribution in [1.82, 2.24) is 9.97 Å². The predicted octanol–water partition coefficient (Wildman–Crippen LogP) is 4.16. The second-order valence-corrected chi connectivity index (χ2v) is 6.08. The van der Waals surface area contributed by atoms with E-state index in [0.29, 0.717) is 55.0 Å². The van der Waals surface area contributed by atoms with Crippen molar-refractivity contribution in [3.8, 4) is 28.7 Å². The molecule has 0 N–H and O–H groups in total. The first-order valence-corrected chi connectivity index (χ1v) is 8.30. The molecule has 128 valence electrons. The number of nitrogens with zero attached hydrogens (tertiary/aromatic N) is 3. The molecule has 0 aliphatic carbocycles. The van der Waals surface area contributed by atoms with Crippen molar-refractivity contribution < 1.29 is 9.47 Å². The van der Waals surface area contributed by atoms with E-state index >= 15 is 0 Å². The van der Waals surface area contributed by atoms with E-state index in [9.17, 15) is 5.26 Å². The van der Waals surface area contributed by atoms with E-state index in [1.54, 1.807) is 24.4 Å². The highest BCUT2D eigenvalue weighted by atomic mass is 35.5. The number of halogens is 2. The molecule has 0 aliphatic rings. The van der Waals surface area contributed by atoms with Gasteiger partial charge < -0.3 is 9.47 Å². The van der Waals surface area contributed by atoms with E-state index in [0.717, 1.165) is 0 Å². The standard InChI is InChI=1S/C18H12BCl2N3O2/c1-25-12-5-13(26-2)16(21)14(15(12)20)11-4-3-9(7-22)17-18(11)23-8-10(6-19)24-17/h3-5,8H,6H2,1-2H3. The minimum Gasteiger partial charge on any atom is -0.495 e. The molecule has 2 aromatic carbocycles. The number of hydrogen-bond acceptors (Lipinski definition) is 5. The van der Waals surface area contributed by atoms with Gasteiger partial charge in [0.2, 0.25) is 0 Å². The van der Waals surface area contributed by atoms with Crippen molar-refractivity contribution in [1.29, 1.82) is 5.26 Å². The molecule has 0 spiro atoms. The monoisotopic (exact) mass is 383 g/mol. The number of rotatable bonds is 4. The van der Waals surface area contributed by atoms with Gasteiger partial charge in [0.05, 0.1) is 48.9 Å². The second-order valence-electron chi connectivity index (χ2n) is 5.32. The van der Waals surface area contributed by atoms with Crippen molar-refractivity contribution in [2.24, 2.45) is 0 Å². The fraction of sp³-hybridized carbons (Fsp3) is 0.167. The summed E-state index contributed by atoms with van der Waals surface area (Å²) in [6.07, 6.45) is 1.78. The summed E-state index contributed by atoms with van der Waals surface area (Å²) in [7, 11) is 8.65. The molecule has 0 amide bonds. The van der Waals surface area contributed by atoms with Gasteiger partial charge >= 0.3 is 0 Å². The molecule has 5 nitrogen and oxygen atoms in total. The summed E-state index contributed by atoms with van der Waals surface area (Å²) in [6, 6.07) is 7.09. The number of ether oxygens (including phenoxy) is 2. The minimum absolute atomic E-state index is 0.215. The van der Waals surface area contributed by atoms with Gasteiger partial charge in [0.15, 0.2) is 0 Å². The quantitative estimate of drug-likeness (QED) is 0.632. The van der Waals surface area contributed by atoms with E-state index < -0.39 is 0 Å². The molecule has 0 saturated carbocycles. The van der Waals surface area contributed by atoms with Gasteiger partial charge in [-0.15, -0.1) is 0 Å². The molecule has 8 heteroatoms. The summed E-state index contributed by atoms with van der Waals surface area (Å²) < 4.78 is 10.6. The summed E-state index contributed by atoms with van der Waals surface area (Å²) in [5, 5.41) is 10.0. The Hall–Kier alpha value is -2.49. The summed E-state index contributed by atoms with van der Waals surface area (Å²) >= 11 is 13.0. The van der Waals surface area contributed by atoms with Crippen molar-refractivity contribution >= 4 is 42.1 Å². The predicted molar refractivity (Wildman–Crippen MR) is 102 cm³/mol. The first kappa shape index (κ1) is 18.3. The number of methoxy groups -OCH3 is 2. The van der Waals surface area contributed by atoms with Crippen LogP contribution in [-0.2, 0) is 6.32 Å². The van der Waals surface area contributed by atoms with E-state index in [1.807, 2.05) is 0 Å². The fourth-order valence-corrected chi connectivity index (χ4v) is 3.35. The van der Waals surface area contributed by atoms with Gasteiger partial charge in [0.1, 0.15) is 23.1 Å². The van der Waals surface area contributed by atoms with E-state index in [2.05, 4.69) is 16.0 Å². The Bertz CT molecular complexity index is 1020. The summed E-state index contributed by atoms with van der Waals surface area (Å²) in [6.45, 7) is 0. The molecule has 0 fully saturated rings. The topological polar surface area (TPSA) is 68.0 Å². The lowest BCUT2D eigenvalue weighted by atomic mass is 9.99. The van der Waals surface area contributed by atoms with E-state index in [-0.39, 0.29) is 6.32 Å². The molecule has 0 unspecified atom stereocenters. The Labute approximate surface area is 161 Å². The highest BCUT2D eigenvalue weighted by Crippen LogP contribution is 2.47. The van der Waals surface area contributed by atoms with Gasteiger partial charge in [-0.2, -0.15) is 5.26 Å². The Balaban J connectivity index is 2.42. The molecule has 0 bridgehead atoms. The fourth-order valence-electron chi connectivity index (χ4n) is 2.65. The van der Waals surface area contributed by atoms with Crippen molar-refractivity contribution in [3.63, 3.8) is 0 Å². The largest absolute Gasteiger partial charge is 0.495 e. The van der Waals surface area contributed by atoms with Gasteiger partial charge in [-0.25, -0.2) is 4.98 Å². The third kappa shape index (κ3) is 2.94. The van der Waals surface area contributed by atoms with Crippen LogP contribution in [0.15, 0.2) is 24.4 Å². The Morgan fingerprint density at radius 3 is 2.31 bits per heavy atom. The third-order valence-electron chi connectivity index (χ3n) is 3.92. The van der Waals surface area contributed by atoms with Gasteiger partial charge in [-0.05, 0) is 12.4 Å². The van der Waals surface area contributed by atoms with Crippen LogP contribution in [0.3, 0.4) is 0 Å². The number of aromatic nitrogens is 2. The lowest BCUT2D eigenvalue weighted by molar-refractivity contribution is 0.395. The maximum Gasteiger partial charge on any atom is 0.141 e. The molecular formula is C18H12BCl2N3O2. The third-order valence-corrected chi connectivity index (χ3v) is 4.67. The van der Waals surface area contributed by atoms with Crippen molar-refractivity contribution in [2.75, 3.05) is 14.2 Å². The lowest BCUT2D eigenvalue weighted by Gasteiger charge is -2.16. The maximum absolute atomic E-state index is 9.39. The maximum atomic E-state index is 9.39. The van der Waals surface area contributed by atoms with Crippen LogP contribution in [0.25, 0.3) is 22.2 Å². The normalized spacial score (nSPS) is 10.6. The highest BCUT2D eigenvalue weighted by Gasteiger charge is 2.22. The van der Waals surface area contributed by atoms with Crippen LogP contribution in [0.2, 0.25) is 10.0 Å². The Kier molecular flexibility index (Phi) is 5.22. The van der Waals surface area contributed by atoms with Crippen LogP contribution in [0, 0.1) is 11.3 Å². The summed E-state index contributed by atoms with van der Waals surface area (Å²) in [5.41, 5.74) is 2.98. The average molecular weight is 384 g/mol. The molecule has 0 saturated heterocycles. The van der Waals surface area contributed by atoms with Crippen LogP contribution in [0.4, 0.5) is 0 Å². The molecule has 1 heterocycles. The molecule has 3 rings (SSSR count). The zero-order chi connectivity index (χ0) is 18.8. The van der Waals surface area contributed by atoms with Gasteiger partial charge in [-0.3, -0.25) is 4.98 Å². The van der Waals surface area contributed by atoms with Crippen molar-refractivity contribution in [2.45, 2.75) is 6.32 Å². The van der Waals surface area contributed by atoms with Crippen LogP contribution in [0.1, 0.15) is 11.3 Å². The molecule has 2 radical (unpaired) electrons. The van der Waals surface area contributed by atoms with Gasteiger partial charge in [0.25, 0.3) is 0 Å². The first-order valence-electron chi connectivity index (χ1n) is 7.54. The summed E-state index contributed by atoms with van der Waals surface area (Å²) in [4.78, 5) is 8.87. The van der Waals surface area contributed by atoms with E-state index in [1.165, 1.54) is 14.2 Å². The second kappa shape index (κ2) is 7.41. The van der Waals surface area contributed by atoms with Crippen LogP contribution < -0.4 is 9.47 Å². The minimum atomic E-state index is 0.215. The number of fused-ring (bicyclic) bond motifs is 1. The Morgan fingerprint density at radius 2 is 1.77 bits per heavy atom. The number of nitriles is 1. The molecular weight excluding hydrogens is 372 g/mol. The van der Waals surface area contributed by atoms with Crippen LogP contribution in [-0.4, -0.2) is 32.0 Å². The van der Waals surface area contributed by atoms with Crippen LogP contribution in [0.5, 0.6) is 11.5 Å². The smallest absolute Gasteiger partial charge is 0.141 e. The highest BCUT2D eigenvalue weighted by molar-refractivity contribution is 6.41.